The van der Waals surface area contributed by atoms with Crippen molar-refractivity contribution in [2.75, 3.05) is 18.4 Å². The molecule has 0 radical (unpaired) electrons. The van der Waals surface area contributed by atoms with Gasteiger partial charge in [-0.05, 0) is 30.3 Å². The summed E-state index contributed by atoms with van der Waals surface area (Å²) in [4.78, 5) is 15.6. The number of carbonyl (C=O) groups excluding carboxylic acids is 1. The van der Waals surface area contributed by atoms with E-state index < -0.39 is 0 Å². The molecule has 1 aromatic heterocycles. The maximum Gasteiger partial charge on any atom is 0.252 e. The van der Waals surface area contributed by atoms with Crippen LogP contribution in [0.1, 0.15) is 10.4 Å². The van der Waals surface area contributed by atoms with E-state index in [2.05, 4.69) is 31.5 Å². The van der Waals surface area contributed by atoms with E-state index in [1.165, 1.54) is 0 Å². The Hall–Kier alpha value is -1.88. The third-order valence-corrected chi connectivity index (χ3v) is 2.98. The number of amides is 1. The van der Waals surface area contributed by atoms with Gasteiger partial charge in [0.15, 0.2) is 0 Å². The van der Waals surface area contributed by atoms with E-state index in [9.17, 15) is 4.79 Å². The normalized spacial score (nSPS) is 9.95. The van der Waals surface area contributed by atoms with E-state index in [0.29, 0.717) is 18.7 Å². The maximum atomic E-state index is 11.7. The average Bonchev–Trinajstić information content (AvgIpc) is 2.44. The van der Waals surface area contributed by atoms with Crippen molar-refractivity contribution < 1.29 is 4.79 Å². The molecule has 4 nitrogen and oxygen atoms in total. The van der Waals surface area contributed by atoms with Gasteiger partial charge in [0.2, 0.25) is 0 Å². The Morgan fingerprint density at radius 2 is 2.11 bits per heavy atom. The lowest BCUT2D eigenvalue weighted by Gasteiger charge is -2.08. The minimum atomic E-state index is -0.107. The largest absolute Gasteiger partial charge is 0.383 e. The van der Waals surface area contributed by atoms with Crippen LogP contribution in [0.15, 0.2) is 53.3 Å². The molecule has 5 heteroatoms. The van der Waals surface area contributed by atoms with Gasteiger partial charge < -0.3 is 10.6 Å². The topological polar surface area (TPSA) is 54.0 Å². The molecule has 0 bridgehead atoms. The second kappa shape index (κ2) is 6.89. The molecule has 19 heavy (non-hydrogen) atoms. The highest BCUT2D eigenvalue weighted by Gasteiger charge is 2.03. The number of aromatic nitrogens is 1. The molecule has 1 aromatic carbocycles. The van der Waals surface area contributed by atoms with Gasteiger partial charge in [-0.3, -0.25) is 9.78 Å². The van der Waals surface area contributed by atoms with Gasteiger partial charge in [-0.1, -0.05) is 22.0 Å². The molecule has 98 valence electrons. The van der Waals surface area contributed by atoms with Crippen LogP contribution < -0.4 is 10.6 Å². The monoisotopic (exact) mass is 319 g/mol. The zero-order valence-electron chi connectivity index (χ0n) is 10.3. The van der Waals surface area contributed by atoms with Crippen LogP contribution in [0.2, 0.25) is 0 Å². The molecule has 2 N–H and O–H groups in total. The van der Waals surface area contributed by atoms with Crippen molar-refractivity contribution in [3.8, 4) is 0 Å². The Kier molecular flexibility index (Phi) is 4.92. The van der Waals surface area contributed by atoms with Crippen molar-refractivity contribution in [2.24, 2.45) is 0 Å². The molecule has 0 aliphatic rings. The Bertz CT molecular complexity index is 545. The number of hydrogen-bond donors (Lipinski definition) is 2. The van der Waals surface area contributed by atoms with Gasteiger partial charge in [0.05, 0.1) is 5.56 Å². The van der Waals surface area contributed by atoms with Crippen LogP contribution in [0.25, 0.3) is 0 Å². The first-order valence-electron chi connectivity index (χ1n) is 5.93. The number of nitrogens with one attached hydrogen (secondary N) is 2. The van der Waals surface area contributed by atoms with Gasteiger partial charge in [-0.25, -0.2) is 0 Å². The van der Waals surface area contributed by atoms with E-state index in [0.717, 1.165) is 10.2 Å². The number of halogens is 1. The zero-order chi connectivity index (χ0) is 13.5. The van der Waals surface area contributed by atoms with Crippen LogP contribution in [0, 0.1) is 0 Å². The van der Waals surface area contributed by atoms with Gasteiger partial charge in [-0.2, -0.15) is 0 Å². The summed E-state index contributed by atoms with van der Waals surface area (Å²) in [6.45, 7) is 1.22. The van der Waals surface area contributed by atoms with Gasteiger partial charge in [0.25, 0.3) is 5.91 Å². The summed E-state index contributed by atoms with van der Waals surface area (Å²) in [5, 5.41) is 6.06. The molecule has 2 rings (SSSR count). The number of nitrogens with zero attached hydrogens (tertiary/aromatic N) is 1. The highest BCUT2D eigenvalue weighted by atomic mass is 79.9. The van der Waals surface area contributed by atoms with Crippen molar-refractivity contribution in [3.63, 3.8) is 0 Å². The summed E-state index contributed by atoms with van der Waals surface area (Å²) in [7, 11) is 0. The first-order chi connectivity index (χ1) is 9.25. The van der Waals surface area contributed by atoms with E-state index >= 15 is 0 Å². The minimum absolute atomic E-state index is 0.107. The average molecular weight is 320 g/mol. The second-order valence-corrected chi connectivity index (χ2v) is 4.85. The van der Waals surface area contributed by atoms with Crippen molar-refractivity contribution >= 4 is 27.5 Å². The Labute approximate surface area is 120 Å². The van der Waals surface area contributed by atoms with E-state index in [-0.39, 0.29) is 5.91 Å². The summed E-state index contributed by atoms with van der Waals surface area (Å²) >= 11 is 3.41. The minimum Gasteiger partial charge on any atom is -0.383 e. The highest BCUT2D eigenvalue weighted by Crippen LogP contribution is 2.14. The lowest BCUT2D eigenvalue weighted by Crippen LogP contribution is -2.28. The molecule has 0 saturated carbocycles. The predicted molar refractivity (Wildman–Crippen MR) is 79.2 cm³/mol. The van der Waals surface area contributed by atoms with Crippen LogP contribution in [0.5, 0.6) is 0 Å². The fourth-order valence-electron chi connectivity index (χ4n) is 1.58. The van der Waals surface area contributed by atoms with Crippen molar-refractivity contribution in [2.45, 2.75) is 0 Å². The second-order valence-electron chi connectivity index (χ2n) is 3.93. The Morgan fingerprint density at radius 3 is 2.84 bits per heavy atom. The van der Waals surface area contributed by atoms with Gasteiger partial charge in [-0.15, -0.1) is 0 Å². The molecular weight excluding hydrogens is 306 g/mol. The number of carbonyl (C=O) groups is 1. The summed E-state index contributed by atoms with van der Waals surface area (Å²) in [6.07, 6.45) is 3.20. The molecule has 2 aromatic rings. The van der Waals surface area contributed by atoms with Crippen LogP contribution in [0.4, 0.5) is 5.69 Å². The molecule has 0 aliphatic carbocycles. The van der Waals surface area contributed by atoms with Crippen molar-refractivity contribution in [3.05, 3.63) is 58.8 Å². The van der Waals surface area contributed by atoms with Crippen LogP contribution in [-0.2, 0) is 0 Å². The Morgan fingerprint density at radius 1 is 1.21 bits per heavy atom. The highest BCUT2D eigenvalue weighted by molar-refractivity contribution is 9.10. The van der Waals surface area contributed by atoms with Crippen molar-refractivity contribution in [1.29, 1.82) is 0 Å². The third kappa shape index (κ3) is 4.37. The molecule has 0 spiro atoms. The molecule has 0 fully saturated rings. The first-order valence-corrected chi connectivity index (χ1v) is 6.72. The fourth-order valence-corrected chi connectivity index (χ4v) is 1.98. The van der Waals surface area contributed by atoms with E-state index in [1.807, 2.05) is 24.3 Å². The molecule has 1 heterocycles. The SMILES string of the molecule is O=C(NCCNc1cccc(Br)c1)c1cccnc1. The molecule has 1 amide bonds. The molecular formula is C14H14BrN3O. The third-order valence-electron chi connectivity index (χ3n) is 2.49. The number of anilines is 1. The van der Waals surface area contributed by atoms with Gasteiger partial charge in [0, 0.05) is 35.6 Å². The lowest BCUT2D eigenvalue weighted by atomic mass is 10.3. The van der Waals surface area contributed by atoms with E-state index in [4.69, 9.17) is 0 Å². The van der Waals surface area contributed by atoms with Crippen LogP contribution >= 0.6 is 15.9 Å². The molecule has 0 saturated heterocycles. The summed E-state index contributed by atoms with van der Waals surface area (Å²) < 4.78 is 1.02. The number of benzene rings is 1. The molecule has 0 atom stereocenters. The van der Waals surface area contributed by atoms with E-state index in [1.54, 1.807) is 24.5 Å². The molecule has 0 unspecified atom stereocenters. The zero-order valence-corrected chi connectivity index (χ0v) is 11.9. The quantitative estimate of drug-likeness (QED) is 0.833. The van der Waals surface area contributed by atoms with Gasteiger partial charge >= 0.3 is 0 Å². The number of hydrogen-bond acceptors (Lipinski definition) is 3. The number of pyridine rings is 1. The maximum absolute atomic E-state index is 11.7. The molecule has 0 aliphatic heterocycles. The Balaban J connectivity index is 1.74. The van der Waals surface area contributed by atoms with Crippen LogP contribution in [0.3, 0.4) is 0 Å². The summed E-state index contributed by atoms with van der Waals surface area (Å²) in [6, 6.07) is 11.4. The van der Waals surface area contributed by atoms with Gasteiger partial charge in [0.1, 0.15) is 0 Å². The fraction of sp³-hybridized carbons (Fsp3) is 0.143. The lowest BCUT2D eigenvalue weighted by molar-refractivity contribution is 0.0955. The summed E-state index contributed by atoms with van der Waals surface area (Å²) in [5.41, 5.74) is 1.59. The summed E-state index contributed by atoms with van der Waals surface area (Å²) in [5.74, 6) is -0.107. The standard InChI is InChI=1S/C14H14BrN3O/c15-12-4-1-5-13(9-12)17-7-8-18-14(19)11-3-2-6-16-10-11/h1-6,9-10,17H,7-8H2,(H,18,19). The first kappa shape index (κ1) is 13.5. The van der Waals surface area contributed by atoms with Crippen LogP contribution in [-0.4, -0.2) is 24.0 Å². The smallest absolute Gasteiger partial charge is 0.252 e. The number of rotatable bonds is 5. The van der Waals surface area contributed by atoms with Crippen molar-refractivity contribution in [1.82, 2.24) is 10.3 Å². The predicted octanol–water partition coefficient (Wildman–Crippen LogP) is 2.69.